The van der Waals surface area contributed by atoms with E-state index in [1.54, 1.807) is 12.1 Å². The fraction of sp³-hybridized carbons (Fsp3) is 0.500. The molecule has 8 nitrogen and oxygen atoms in total. The summed E-state index contributed by atoms with van der Waals surface area (Å²) in [6.45, 7) is 5.04. The lowest BCUT2D eigenvalue weighted by atomic mass is 9.95. The minimum absolute atomic E-state index is 0.245. The van der Waals surface area contributed by atoms with Crippen LogP contribution in [-0.4, -0.2) is 53.1 Å². The van der Waals surface area contributed by atoms with Crippen LogP contribution in [0.5, 0.6) is 0 Å². The van der Waals surface area contributed by atoms with Crippen molar-refractivity contribution < 1.29 is 9.32 Å². The SMILES string of the molecule is CCNC(=NCCc1nc(-c2cccc(Cl)c2)no1)N1CCCC(CC(N)=O)C1. The van der Waals surface area contributed by atoms with Crippen LogP contribution in [0.2, 0.25) is 5.02 Å². The number of aromatic nitrogens is 2. The summed E-state index contributed by atoms with van der Waals surface area (Å²) in [5.41, 5.74) is 6.18. The Morgan fingerprint density at radius 2 is 2.34 bits per heavy atom. The monoisotopic (exact) mass is 418 g/mol. The highest BCUT2D eigenvalue weighted by Crippen LogP contribution is 2.21. The molecule has 156 valence electrons. The number of guanidine groups is 1. The van der Waals surface area contributed by atoms with E-state index in [1.807, 2.05) is 19.1 Å². The summed E-state index contributed by atoms with van der Waals surface area (Å²) in [6.07, 6.45) is 3.01. The molecule has 2 aromatic rings. The van der Waals surface area contributed by atoms with Gasteiger partial charge >= 0.3 is 0 Å². The number of amides is 1. The number of rotatable bonds is 7. The fourth-order valence-electron chi connectivity index (χ4n) is 3.49. The first-order chi connectivity index (χ1) is 14.0. The maximum atomic E-state index is 11.2. The predicted octanol–water partition coefficient (Wildman–Crippen LogP) is 2.49. The molecule has 1 aliphatic heterocycles. The molecule has 1 saturated heterocycles. The number of nitrogens with one attached hydrogen (secondary N) is 1. The van der Waals surface area contributed by atoms with Crippen LogP contribution in [0, 0.1) is 5.92 Å². The summed E-state index contributed by atoms with van der Waals surface area (Å²) >= 11 is 6.02. The minimum atomic E-state index is -0.245. The molecule has 3 N–H and O–H groups in total. The zero-order chi connectivity index (χ0) is 20.6. The lowest BCUT2D eigenvalue weighted by molar-refractivity contribution is -0.119. The van der Waals surface area contributed by atoms with Crippen LogP contribution in [0.1, 0.15) is 32.1 Å². The van der Waals surface area contributed by atoms with Gasteiger partial charge in [0.1, 0.15) is 0 Å². The van der Waals surface area contributed by atoms with Crippen molar-refractivity contribution in [3.8, 4) is 11.4 Å². The minimum Gasteiger partial charge on any atom is -0.370 e. The Labute approximate surface area is 175 Å². The van der Waals surface area contributed by atoms with E-state index in [0.717, 1.165) is 44.0 Å². The van der Waals surface area contributed by atoms with Gasteiger partial charge in [0.15, 0.2) is 5.96 Å². The van der Waals surface area contributed by atoms with Crippen molar-refractivity contribution in [2.75, 3.05) is 26.2 Å². The summed E-state index contributed by atoms with van der Waals surface area (Å²) in [5.74, 6) is 1.93. The van der Waals surface area contributed by atoms with Crippen molar-refractivity contribution in [2.24, 2.45) is 16.6 Å². The number of aliphatic imine (C=N–C) groups is 1. The largest absolute Gasteiger partial charge is 0.370 e. The number of nitrogens with zero attached hydrogens (tertiary/aromatic N) is 4. The molecule has 9 heteroatoms. The summed E-state index contributed by atoms with van der Waals surface area (Å²) in [6, 6.07) is 7.35. The van der Waals surface area contributed by atoms with Crippen molar-refractivity contribution >= 4 is 23.5 Å². The molecular formula is C20H27ClN6O2. The van der Waals surface area contributed by atoms with E-state index < -0.39 is 0 Å². The van der Waals surface area contributed by atoms with Gasteiger partial charge in [-0.05, 0) is 37.8 Å². The molecular weight excluding hydrogens is 392 g/mol. The normalized spacial score (nSPS) is 17.4. The van der Waals surface area contributed by atoms with Gasteiger partial charge in [-0.1, -0.05) is 28.9 Å². The molecule has 1 aromatic carbocycles. The molecule has 1 fully saturated rings. The van der Waals surface area contributed by atoms with Crippen molar-refractivity contribution in [1.29, 1.82) is 0 Å². The topological polar surface area (TPSA) is 110 Å². The third-order valence-electron chi connectivity index (χ3n) is 4.78. The zero-order valence-corrected chi connectivity index (χ0v) is 17.4. The summed E-state index contributed by atoms with van der Waals surface area (Å²) in [4.78, 5) is 22.6. The highest BCUT2D eigenvalue weighted by Gasteiger charge is 2.23. The Morgan fingerprint density at radius 1 is 1.48 bits per heavy atom. The number of primary amides is 1. The third-order valence-corrected chi connectivity index (χ3v) is 5.02. The molecule has 2 heterocycles. The second-order valence-electron chi connectivity index (χ2n) is 7.13. The van der Waals surface area contributed by atoms with Crippen LogP contribution in [0.25, 0.3) is 11.4 Å². The van der Waals surface area contributed by atoms with Crippen LogP contribution < -0.4 is 11.1 Å². The molecule has 1 amide bonds. The fourth-order valence-corrected chi connectivity index (χ4v) is 3.68. The van der Waals surface area contributed by atoms with Crippen LogP contribution in [0.4, 0.5) is 0 Å². The first kappa shape index (κ1) is 21.1. The molecule has 0 bridgehead atoms. The molecule has 1 aliphatic rings. The number of carbonyl (C=O) groups is 1. The highest BCUT2D eigenvalue weighted by molar-refractivity contribution is 6.30. The van der Waals surface area contributed by atoms with E-state index >= 15 is 0 Å². The number of likely N-dealkylation sites (tertiary alicyclic amines) is 1. The predicted molar refractivity (Wildman–Crippen MR) is 113 cm³/mol. The van der Waals surface area contributed by atoms with E-state index in [-0.39, 0.29) is 11.8 Å². The maximum absolute atomic E-state index is 11.2. The van der Waals surface area contributed by atoms with E-state index in [1.165, 1.54) is 0 Å². The first-order valence-electron chi connectivity index (χ1n) is 9.95. The molecule has 0 aliphatic carbocycles. The molecule has 1 unspecified atom stereocenters. The number of carbonyl (C=O) groups excluding carboxylic acids is 1. The van der Waals surface area contributed by atoms with E-state index in [0.29, 0.717) is 36.1 Å². The van der Waals surface area contributed by atoms with Gasteiger partial charge in [0, 0.05) is 43.1 Å². The second kappa shape index (κ2) is 10.2. The highest BCUT2D eigenvalue weighted by atomic mass is 35.5. The lowest BCUT2D eigenvalue weighted by Crippen LogP contribution is -2.47. The maximum Gasteiger partial charge on any atom is 0.228 e. The van der Waals surface area contributed by atoms with Crippen molar-refractivity contribution in [2.45, 2.75) is 32.6 Å². The third kappa shape index (κ3) is 6.19. The Bertz CT molecular complexity index is 853. The summed E-state index contributed by atoms with van der Waals surface area (Å²) < 4.78 is 5.35. The first-order valence-corrected chi connectivity index (χ1v) is 10.3. The van der Waals surface area contributed by atoms with Crippen LogP contribution >= 0.6 is 11.6 Å². The molecule has 0 spiro atoms. The van der Waals surface area contributed by atoms with Gasteiger partial charge in [-0.25, -0.2) is 0 Å². The van der Waals surface area contributed by atoms with E-state index in [9.17, 15) is 4.79 Å². The van der Waals surface area contributed by atoms with E-state index in [2.05, 4.69) is 20.4 Å². The van der Waals surface area contributed by atoms with Crippen molar-refractivity contribution in [3.63, 3.8) is 0 Å². The molecule has 1 atom stereocenters. The van der Waals surface area contributed by atoms with Gasteiger partial charge in [0.25, 0.3) is 0 Å². The molecule has 29 heavy (non-hydrogen) atoms. The van der Waals surface area contributed by atoms with Gasteiger partial charge in [0.2, 0.25) is 17.6 Å². The van der Waals surface area contributed by atoms with Gasteiger partial charge in [0.05, 0.1) is 6.54 Å². The standard InChI is InChI=1S/C20H27ClN6O2/c1-2-23-20(27-10-4-5-14(13-27)11-17(22)28)24-9-8-18-25-19(26-29-18)15-6-3-7-16(21)12-15/h3,6-7,12,14H,2,4-5,8-11,13H2,1H3,(H2,22,28)(H,23,24). The van der Waals surface area contributed by atoms with Crippen molar-refractivity contribution in [3.05, 3.63) is 35.2 Å². The van der Waals surface area contributed by atoms with Gasteiger partial charge in [-0.2, -0.15) is 4.98 Å². The quantitative estimate of drug-likeness (QED) is 0.528. The Hall–Kier alpha value is -2.61. The average molecular weight is 419 g/mol. The smallest absolute Gasteiger partial charge is 0.228 e. The average Bonchev–Trinajstić information content (AvgIpc) is 3.16. The summed E-state index contributed by atoms with van der Waals surface area (Å²) in [7, 11) is 0. The van der Waals surface area contributed by atoms with Crippen LogP contribution in [0.3, 0.4) is 0 Å². The number of halogens is 1. The molecule has 3 rings (SSSR count). The number of piperidine rings is 1. The second-order valence-corrected chi connectivity index (χ2v) is 7.57. The van der Waals surface area contributed by atoms with Gasteiger partial charge in [-0.15, -0.1) is 0 Å². The Balaban J connectivity index is 1.60. The molecule has 0 radical (unpaired) electrons. The van der Waals surface area contributed by atoms with Crippen LogP contribution in [0.15, 0.2) is 33.8 Å². The van der Waals surface area contributed by atoms with Crippen molar-refractivity contribution in [1.82, 2.24) is 20.4 Å². The molecule has 0 saturated carbocycles. The van der Waals surface area contributed by atoms with Crippen LogP contribution in [-0.2, 0) is 11.2 Å². The zero-order valence-electron chi connectivity index (χ0n) is 16.6. The number of nitrogens with two attached hydrogens (primary N) is 1. The van der Waals surface area contributed by atoms with Gasteiger partial charge < -0.3 is 20.5 Å². The van der Waals surface area contributed by atoms with Gasteiger partial charge in [-0.3, -0.25) is 9.79 Å². The number of hydrogen-bond donors (Lipinski definition) is 2. The number of hydrogen-bond acceptors (Lipinski definition) is 5. The number of benzene rings is 1. The van der Waals surface area contributed by atoms with E-state index in [4.69, 9.17) is 26.9 Å². The lowest BCUT2D eigenvalue weighted by Gasteiger charge is -2.34. The Kier molecular flexibility index (Phi) is 7.46. The Morgan fingerprint density at radius 3 is 3.10 bits per heavy atom. The molecule has 1 aromatic heterocycles. The summed E-state index contributed by atoms with van der Waals surface area (Å²) in [5, 5.41) is 7.98.